The van der Waals surface area contributed by atoms with Gasteiger partial charge in [-0.3, -0.25) is 9.58 Å². The molecule has 38 heavy (non-hydrogen) atoms. The second kappa shape index (κ2) is 9.20. The first kappa shape index (κ1) is 25.3. The van der Waals surface area contributed by atoms with E-state index < -0.39 is 17.6 Å². The zero-order valence-electron chi connectivity index (χ0n) is 22.6. The quantitative estimate of drug-likeness (QED) is 0.286. The lowest BCUT2D eigenvalue weighted by Gasteiger charge is -2.28. The molecule has 0 radical (unpaired) electrons. The lowest BCUT2D eigenvalue weighted by molar-refractivity contribution is 0.0575. The van der Waals surface area contributed by atoms with E-state index in [4.69, 9.17) is 14.8 Å². The molecule has 10 heteroatoms. The van der Waals surface area contributed by atoms with E-state index in [0.29, 0.717) is 22.7 Å². The predicted molar refractivity (Wildman–Crippen MR) is 144 cm³/mol. The van der Waals surface area contributed by atoms with Crippen LogP contribution in [0.3, 0.4) is 0 Å². The average Bonchev–Trinajstić information content (AvgIpc) is 3.30. The number of aromatic nitrogens is 6. The van der Waals surface area contributed by atoms with E-state index in [2.05, 4.69) is 16.1 Å². The lowest BCUT2D eigenvalue weighted by atomic mass is 10.0. The monoisotopic (exact) mass is 515 g/mol. The van der Waals surface area contributed by atoms with Crippen LogP contribution in [-0.4, -0.2) is 41.1 Å². The summed E-state index contributed by atoms with van der Waals surface area (Å²) in [6.45, 7) is 11.2. The fraction of sp³-hybridized carbons (Fsp3) is 0.321. The van der Waals surface area contributed by atoms with E-state index in [1.807, 2.05) is 44.6 Å². The molecule has 4 heterocycles. The molecular formula is C28H30FN7O2. The van der Waals surface area contributed by atoms with Crippen molar-refractivity contribution in [2.45, 2.75) is 53.7 Å². The topological polar surface area (TPSA) is 90.4 Å². The molecule has 4 aromatic heterocycles. The van der Waals surface area contributed by atoms with Crippen LogP contribution in [0.25, 0.3) is 27.7 Å². The molecule has 0 saturated heterocycles. The van der Waals surface area contributed by atoms with Gasteiger partial charge in [0.2, 0.25) is 5.95 Å². The number of benzene rings is 1. The number of nitrogens with zero attached hydrogens (tertiary/aromatic N) is 7. The average molecular weight is 516 g/mol. The van der Waals surface area contributed by atoms with Gasteiger partial charge in [0.05, 0.1) is 23.4 Å². The maximum atomic E-state index is 13.9. The van der Waals surface area contributed by atoms with Crippen molar-refractivity contribution in [2.24, 2.45) is 7.05 Å². The van der Waals surface area contributed by atoms with Crippen molar-refractivity contribution >= 4 is 28.5 Å². The van der Waals surface area contributed by atoms with Crippen molar-refractivity contribution < 1.29 is 13.9 Å². The maximum Gasteiger partial charge on any atom is 0.416 e. The number of fused-ring (bicyclic) bond motifs is 2. The van der Waals surface area contributed by atoms with Crippen molar-refractivity contribution in [3.8, 4) is 11.1 Å². The van der Waals surface area contributed by atoms with Gasteiger partial charge in [-0.1, -0.05) is 6.07 Å². The SMILES string of the molecule is Cc1cc(N(Cc2ccnc(F)c2)C(=O)OC(C)(C)C)n2nc(C)c(-c3ccc4c(c3)c(C)nn4C)c2n1. The summed E-state index contributed by atoms with van der Waals surface area (Å²) < 4.78 is 23.2. The van der Waals surface area contributed by atoms with E-state index in [9.17, 15) is 9.18 Å². The summed E-state index contributed by atoms with van der Waals surface area (Å²) in [4.78, 5) is 23.4. The highest BCUT2D eigenvalue weighted by Crippen LogP contribution is 2.33. The highest BCUT2D eigenvalue weighted by atomic mass is 19.1. The van der Waals surface area contributed by atoms with E-state index in [1.54, 1.807) is 37.4 Å². The van der Waals surface area contributed by atoms with E-state index in [1.165, 1.54) is 17.2 Å². The third-order valence-corrected chi connectivity index (χ3v) is 6.22. The first-order valence-electron chi connectivity index (χ1n) is 12.3. The largest absolute Gasteiger partial charge is 0.443 e. The zero-order chi connectivity index (χ0) is 27.4. The second-order valence-corrected chi connectivity index (χ2v) is 10.4. The molecule has 5 aromatic rings. The number of hydrogen-bond acceptors (Lipinski definition) is 6. The number of aryl methyl sites for hydroxylation is 4. The van der Waals surface area contributed by atoms with Crippen LogP contribution < -0.4 is 4.90 Å². The van der Waals surface area contributed by atoms with Crippen LogP contribution in [0.5, 0.6) is 0 Å². The minimum absolute atomic E-state index is 0.0575. The van der Waals surface area contributed by atoms with Gasteiger partial charge >= 0.3 is 6.09 Å². The van der Waals surface area contributed by atoms with Crippen LogP contribution in [0.1, 0.15) is 43.4 Å². The maximum absolute atomic E-state index is 13.9. The summed E-state index contributed by atoms with van der Waals surface area (Å²) >= 11 is 0. The number of pyridine rings is 1. The third-order valence-electron chi connectivity index (χ3n) is 6.22. The summed E-state index contributed by atoms with van der Waals surface area (Å²) in [7, 11) is 1.92. The Kier molecular flexibility index (Phi) is 6.13. The van der Waals surface area contributed by atoms with Gasteiger partial charge in [0.1, 0.15) is 11.4 Å². The van der Waals surface area contributed by atoms with Crippen LogP contribution in [-0.2, 0) is 18.3 Å². The van der Waals surface area contributed by atoms with Gasteiger partial charge in [0, 0.05) is 36.0 Å². The Morgan fingerprint density at radius 2 is 1.82 bits per heavy atom. The first-order chi connectivity index (χ1) is 17.9. The molecule has 0 atom stereocenters. The molecule has 0 bridgehead atoms. The molecule has 9 nitrogen and oxygen atoms in total. The standard InChI is InChI=1S/C28H30FN7O2/c1-16-12-24(35(27(37)38-28(4,5)6)15-19-10-11-30-23(29)13-19)36-26(31-16)25(18(3)33-36)20-8-9-22-21(14-20)17(2)32-34(22)7/h8-14H,15H2,1-7H3. The van der Waals surface area contributed by atoms with Crippen molar-refractivity contribution in [2.75, 3.05) is 4.90 Å². The Hall–Kier alpha value is -4.34. The van der Waals surface area contributed by atoms with Gasteiger partial charge in [0.15, 0.2) is 5.65 Å². The predicted octanol–water partition coefficient (Wildman–Crippen LogP) is 5.68. The number of carbonyl (C=O) groups excluding carboxylic acids is 1. The van der Waals surface area contributed by atoms with Gasteiger partial charge in [-0.2, -0.15) is 19.1 Å². The molecule has 0 spiro atoms. The van der Waals surface area contributed by atoms with Crippen molar-refractivity contribution in [1.82, 2.24) is 29.4 Å². The number of halogens is 1. The Morgan fingerprint density at radius 1 is 1.05 bits per heavy atom. The molecule has 196 valence electrons. The molecule has 0 aliphatic rings. The smallest absolute Gasteiger partial charge is 0.416 e. The van der Waals surface area contributed by atoms with Crippen LogP contribution in [0.4, 0.5) is 15.0 Å². The Balaban J connectivity index is 1.69. The molecule has 0 fully saturated rings. The summed E-state index contributed by atoms with van der Waals surface area (Å²) in [6, 6.07) is 10.9. The van der Waals surface area contributed by atoms with Gasteiger partial charge in [-0.15, -0.1) is 0 Å². The van der Waals surface area contributed by atoms with Crippen LogP contribution in [0.2, 0.25) is 0 Å². The zero-order valence-corrected chi connectivity index (χ0v) is 22.6. The van der Waals surface area contributed by atoms with Crippen LogP contribution in [0, 0.1) is 26.7 Å². The Bertz CT molecular complexity index is 1700. The molecule has 1 aromatic carbocycles. The number of rotatable bonds is 4. The van der Waals surface area contributed by atoms with E-state index in [0.717, 1.165) is 33.4 Å². The molecule has 0 saturated carbocycles. The molecule has 0 aliphatic heterocycles. The lowest BCUT2D eigenvalue weighted by Crippen LogP contribution is -2.37. The first-order valence-corrected chi connectivity index (χ1v) is 12.3. The fourth-order valence-corrected chi connectivity index (χ4v) is 4.63. The number of hydrogen-bond donors (Lipinski definition) is 0. The molecule has 1 amide bonds. The van der Waals surface area contributed by atoms with Crippen molar-refractivity contribution in [3.63, 3.8) is 0 Å². The molecule has 0 unspecified atom stereocenters. The van der Waals surface area contributed by atoms with Gasteiger partial charge < -0.3 is 4.74 Å². The number of ether oxygens (including phenoxy) is 1. The summed E-state index contributed by atoms with van der Waals surface area (Å²) in [5.41, 5.74) is 5.66. The highest BCUT2D eigenvalue weighted by Gasteiger charge is 2.28. The highest BCUT2D eigenvalue weighted by molar-refractivity contribution is 5.92. The van der Waals surface area contributed by atoms with Crippen molar-refractivity contribution in [1.29, 1.82) is 0 Å². The molecule has 0 N–H and O–H groups in total. The number of amides is 1. The minimum Gasteiger partial charge on any atom is -0.443 e. The minimum atomic E-state index is -0.734. The van der Waals surface area contributed by atoms with Crippen LogP contribution >= 0.6 is 0 Å². The fourth-order valence-electron chi connectivity index (χ4n) is 4.63. The Labute approximate surface area is 219 Å². The number of carbonyl (C=O) groups is 1. The molecular weight excluding hydrogens is 485 g/mol. The van der Waals surface area contributed by atoms with E-state index in [-0.39, 0.29) is 6.54 Å². The van der Waals surface area contributed by atoms with Crippen molar-refractivity contribution in [3.05, 3.63) is 71.2 Å². The normalized spacial score (nSPS) is 11.9. The van der Waals surface area contributed by atoms with Gasteiger partial charge in [0.25, 0.3) is 0 Å². The van der Waals surface area contributed by atoms with Gasteiger partial charge in [-0.05, 0) is 76.9 Å². The second-order valence-electron chi connectivity index (χ2n) is 10.4. The Morgan fingerprint density at radius 3 is 2.53 bits per heavy atom. The molecule has 0 aliphatic carbocycles. The molecule has 5 rings (SSSR count). The summed E-state index contributed by atoms with van der Waals surface area (Å²) in [5, 5.41) is 10.4. The van der Waals surface area contributed by atoms with Crippen LogP contribution in [0.15, 0.2) is 42.6 Å². The van der Waals surface area contributed by atoms with Gasteiger partial charge in [-0.25, -0.2) is 14.8 Å². The summed E-state index contributed by atoms with van der Waals surface area (Å²) in [5.74, 6) is -0.159. The van der Waals surface area contributed by atoms with E-state index >= 15 is 0 Å². The summed E-state index contributed by atoms with van der Waals surface area (Å²) in [6.07, 6.45) is 0.793. The third kappa shape index (κ3) is 4.69. The number of anilines is 1.